The molecule has 0 atom stereocenters. The molecular weight excluding hydrogens is 222 g/mol. The monoisotopic (exact) mass is 241 g/mol. The van der Waals surface area contributed by atoms with Gasteiger partial charge in [0.25, 0.3) is 0 Å². The highest BCUT2D eigenvalue weighted by molar-refractivity contribution is 6.10. The van der Waals surface area contributed by atoms with Gasteiger partial charge in [0.05, 0.1) is 0 Å². The molecule has 3 rings (SSSR count). The number of rotatable bonds is 2. The molecule has 94 valence electrons. The second-order valence-electron chi connectivity index (χ2n) is 5.47. The first kappa shape index (κ1) is 11.5. The number of aromatic nitrogens is 1. The number of carbonyl (C=O) groups is 1. The highest BCUT2D eigenvalue weighted by atomic mass is 16.1. The average Bonchev–Trinajstić information content (AvgIpc) is 2.96. The minimum absolute atomic E-state index is 0.253. The van der Waals surface area contributed by atoms with Crippen LogP contribution in [0.4, 0.5) is 0 Å². The van der Waals surface area contributed by atoms with Crippen LogP contribution in [0.2, 0.25) is 0 Å². The van der Waals surface area contributed by atoms with Gasteiger partial charge >= 0.3 is 0 Å². The van der Waals surface area contributed by atoms with Gasteiger partial charge in [0.1, 0.15) is 0 Å². The van der Waals surface area contributed by atoms with E-state index in [9.17, 15) is 4.79 Å². The van der Waals surface area contributed by atoms with E-state index < -0.39 is 0 Å². The second kappa shape index (κ2) is 4.27. The maximum absolute atomic E-state index is 12.6. The number of Topliss-reactive ketones (excluding diaryl/α,β-unsaturated/α-hetero) is 1. The van der Waals surface area contributed by atoms with E-state index in [2.05, 4.69) is 24.0 Å². The van der Waals surface area contributed by atoms with Gasteiger partial charge in [-0.15, -0.1) is 0 Å². The van der Waals surface area contributed by atoms with Crippen molar-refractivity contribution in [3.05, 3.63) is 35.0 Å². The number of aromatic amines is 1. The molecule has 0 amide bonds. The summed E-state index contributed by atoms with van der Waals surface area (Å²) in [7, 11) is 0. The van der Waals surface area contributed by atoms with Gasteiger partial charge < -0.3 is 4.98 Å². The van der Waals surface area contributed by atoms with E-state index in [1.54, 1.807) is 0 Å². The fourth-order valence-electron chi connectivity index (χ4n) is 3.20. The zero-order chi connectivity index (χ0) is 12.7. The van der Waals surface area contributed by atoms with Crippen LogP contribution in [0.15, 0.2) is 18.2 Å². The summed E-state index contributed by atoms with van der Waals surface area (Å²) in [5, 5.41) is 1.10. The number of ketones is 1. The molecule has 1 heterocycles. The predicted octanol–water partition coefficient (Wildman–Crippen LogP) is 4.16. The van der Waals surface area contributed by atoms with Crippen LogP contribution in [-0.2, 0) is 0 Å². The Morgan fingerprint density at radius 1 is 1.22 bits per heavy atom. The fraction of sp³-hybridized carbons (Fsp3) is 0.438. The summed E-state index contributed by atoms with van der Waals surface area (Å²) < 4.78 is 0. The van der Waals surface area contributed by atoms with Gasteiger partial charge in [0, 0.05) is 28.1 Å². The smallest absolute Gasteiger partial charge is 0.168 e. The molecule has 0 saturated heterocycles. The van der Waals surface area contributed by atoms with Crippen molar-refractivity contribution in [3.8, 4) is 0 Å². The zero-order valence-corrected chi connectivity index (χ0v) is 11.0. The standard InChI is InChI=1S/C16H19NO/c1-10-6-5-9-13-14(11(2)17-15(10)13)16(18)12-7-3-4-8-12/h5-6,9,12,17H,3-4,7-8H2,1-2H3. The summed E-state index contributed by atoms with van der Waals surface area (Å²) in [5.74, 6) is 0.602. The first-order valence-electron chi connectivity index (χ1n) is 6.80. The molecule has 1 aromatic heterocycles. The molecule has 1 aromatic carbocycles. The van der Waals surface area contributed by atoms with Crippen LogP contribution >= 0.6 is 0 Å². The van der Waals surface area contributed by atoms with Gasteiger partial charge in [0.2, 0.25) is 0 Å². The molecule has 2 aromatic rings. The summed E-state index contributed by atoms with van der Waals surface area (Å²) in [6.07, 6.45) is 4.54. The summed E-state index contributed by atoms with van der Waals surface area (Å²) in [4.78, 5) is 16.0. The maximum Gasteiger partial charge on any atom is 0.168 e. The van der Waals surface area contributed by atoms with Crippen molar-refractivity contribution in [2.75, 3.05) is 0 Å². The topological polar surface area (TPSA) is 32.9 Å². The van der Waals surface area contributed by atoms with Gasteiger partial charge in [-0.3, -0.25) is 4.79 Å². The highest BCUT2D eigenvalue weighted by Gasteiger charge is 2.27. The Kier molecular flexibility index (Phi) is 2.73. The quantitative estimate of drug-likeness (QED) is 0.787. The van der Waals surface area contributed by atoms with E-state index in [4.69, 9.17) is 0 Å². The minimum Gasteiger partial charge on any atom is -0.358 e. The van der Waals surface area contributed by atoms with E-state index in [-0.39, 0.29) is 5.92 Å². The molecule has 2 nitrogen and oxygen atoms in total. The van der Waals surface area contributed by atoms with Gasteiger partial charge in [-0.1, -0.05) is 31.0 Å². The van der Waals surface area contributed by atoms with Crippen LogP contribution in [-0.4, -0.2) is 10.8 Å². The lowest BCUT2D eigenvalue weighted by molar-refractivity contribution is 0.0924. The number of para-hydroxylation sites is 1. The molecule has 1 N–H and O–H groups in total. The number of carbonyl (C=O) groups excluding carboxylic acids is 1. The van der Waals surface area contributed by atoms with Crippen LogP contribution in [0.1, 0.15) is 47.3 Å². The van der Waals surface area contributed by atoms with Crippen molar-refractivity contribution in [1.82, 2.24) is 4.98 Å². The normalized spacial score (nSPS) is 16.6. The number of aryl methyl sites for hydroxylation is 2. The summed E-state index contributed by atoms with van der Waals surface area (Å²) in [6, 6.07) is 6.19. The van der Waals surface area contributed by atoms with Crippen molar-refractivity contribution >= 4 is 16.7 Å². The Morgan fingerprint density at radius 3 is 2.67 bits per heavy atom. The van der Waals surface area contributed by atoms with Crippen LogP contribution in [0.3, 0.4) is 0 Å². The summed E-state index contributed by atoms with van der Waals surface area (Å²) >= 11 is 0. The third-order valence-corrected chi connectivity index (χ3v) is 4.20. The minimum atomic E-state index is 0.253. The Hall–Kier alpha value is -1.57. The fourth-order valence-corrected chi connectivity index (χ4v) is 3.20. The number of nitrogens with one attached hydrogen (secondary N) is 1. The number of H-pyrrole nitrogens is 1. The average molecular weight is 241 g/mol. The first-order valence-corrected chi connectivity index (χ1v) is 6.80. The maximum atomic E-state index is 12.6. The zero-order valence-electron chi connectivity index (χ0n) is 11.0. The van der Waals surface area contributed by atoms with Gasteiger partial charge in [-0.25, -0.2) is 0 Å². The molecule has 1 fully saturated rings. The van der Waals surface area contributed by atoms with Crippen LogP contribution in [0.5, 0.6) is 0 Å². The molecule has 0 bridgehead atoms. The largest absolute Gasteiger partial charge is 0.358 e. The van der Waals surface area contributed by atoms with Crippen molar-refractivity contribution in [2.24, 2.45) is 5.92 Å². The Bertz CT molecular complexity index is 603. The Balaban J connectivity index is 2.13. The van der Waals surface area contributed by atoms with Crippen molar-refractivity contribution in [3.63, 3.8) is 0 Å². The Labute approximate surface area is 107 Å². The molecule has 0 unspecified atom stereocenters. The number of hydrogen-bond donors (Lipinski definition) is 1. The van der Waals surface area contributed by atoms with Gasteiger partial charge in [-0.2, -0.15) is 0 Å². The molecule has 2 heteroatoms. The number of hydrogen-bond acceptors (Lipinski definition) is 1. The molecule has 18 heavy (non-hydrogen) atoms. The molecule has 1 aliphatic rings. The Morgan fingerprint density at radius 2 is 1.94 bits per heavy atom. The van der Waals surface area contributed by atoms with Crippen molar-refractivity contribution in [1.29, 1.82) is 0 Å². The van der Waals surface area contributed by atoms with E-state index in [1.165, 1.54) is 18.4 Å². The van der Waals surface area contributed by atoms with E-state index in [1.807, 2.05) is 13.0 Å². The number of fused-ring (bicyclic) bond motifs is 1. The van der Waals surface area contributed by atoms with Gasteiger partial charge in [-0.05, 0) is 32.3 Å². The van der Waals surface area contributed by atoms with Crippen LogP contribution in [0.25, 0.3) is 10.9 Å². The van der Waals surface area contributed by atoms with Gasteiger partial charge in [0.15, 0.2) is 5.78 Å². The lowest BCUT2D eigenvalue weighted by Crippen LogP contribution is -2.11. The SMILES string of the molecule is Cc1[nH]c2c(C)cccc2c1C(=O)C1CCCC1. The molecule has 1 aliphatic carbocycles. The van der Waals surface area contributed by atoms with E-state index in [0.717, 1.165) is 35.0 Å². The molecular formula is C16H19NO. The predicted molar refractivity (Wildman–Crippen MR) is 74.1 cm³/mol. The van der Waals surface area contributed by atoms with Crippen molar-refractivity contribution in [2.45, 2.75) is 39.5 Å². The molecule has 0 radical (unpaired) electrons. The molecule has 0 aliphatic heterocycles. The van der Waals surface area contributed by atoms with Crippen LogP contribution < -0.4 is 0 Å². The molecule has 0 spiro atoms. The first-order chi connectivity index (χ1) is 8.68. The van der Waals surface area contributed by atoms with Crippen LogP contribution in [0, 0.1) is 19.8 Å². The summed E-state index contributed by atoms with van der Waals surface area (Å²) in [5.41, 5.74) is 4.29. The summed E-state index contributed by atoms with van der Waals surface area (Å²) in [6.45, 7) is 4.10. The number of benzene rings is 1. The lowest BCUT2D eigenvalue weighted by atomic mass is 9.94. The lowest BCUT2D eigenvalue weighted by Gasteiger charge is -2.08. The van der Waals surface area contributed by atoms with Crippen molar-refractivity contribution < 1.29 is 4.79 Å². The van der Waals surface area contributed by atoms with E-state index >= 15 is 0 Å². The second-order valence-corrected chi connectivity index (χ2v) is 5.47. The highest BCUT2D eigenvalue weighted by Crippen LogP contribution is 2.32. The third kappa shape index (κ3) is 1.67. The van der Waals surface area contributed by atoms with E-state index in [0.29, 0.717) is 5.78 Å². The third-order valence-electron chi connectivity index (χ3n) is 4.20. The molecule has 1 saturated carbocycles.